The Morgan fingerprint density at radius 1 is 0.970 bits per heavy atom. The molecule has 4 rings (SSSR count). The molecule has 1 aliphatic heterocycles. The quantitative estimate of drug-likeness (QED) is 0.439. The summed E-state index contributed by atoms with van der Waals surface area (Å²) in [5, 5.41) is 17.4. The second-order valence-corrected chi connectivity index (χ2v) is 7.52. The van der Waals surface area contributed by atoms with E-state index in [-0.39, 0.29) is 16.2 Å². The molecule has 1 saturated heterocycles. The maximum atomic E-state index is 13.6. The molecule has 33 heavy (non-hydrogen) atoms. The molecule has 1 N–H and O–H groups in total. The summed E-state index contributed by atoms with van der Waals surface area (Å²) in [6.45, 7) is 2.26. The fourth-order valence-electron chi connectivity index (χ4n) is 3.59. The third kappa shape index (κ3) is 4.35. The van der Waals surface area contributed by atoms with Crippen LogP contribution in [0.5, 0.6) is 17.4 Å². The molecule has 2 aromatic carbocycles. The minimum absolute atomic E-state index is 0.0214. The molecule has 0 bridgehead atoms. The molecule has 0 saturated carbocycles. The summed E-state index contributed by atoms with van der Waals surface area (Å²) >= 11 is 5.70. The van der Waals surface area contributed by atoms with Crippen molar-refractivity contribution in [3.8, 4) is 28.8 Å². The van der Waals surface area contributed by atoms with E-state index in [1.54, 1.807) is 53.5 Å². The summed E-state index contributed by atoms with van der Waals surface area (Å²) in [6.07, 6.45) is 1.36. The third-order valence-electron chi connectivity index (χ3n) is 5.26. The first kappa shape index (κ1) is 22.6. The van der Waals surface area contributed by atoms with Gasteiger partial charge in [0.05, 0.1) is 58.1 Å². The number of hydrazone groups is 1. The summed E-state index contributed by atoms with van der Waals surface area (Å²) in [4.78, 5) is 13.6. The van der Waals surface area contributed by atoms with Crippen LogP contribution < -0.4 is 15.0 Å². The van der Waals surface area contributed by atoms with Gasteiger partial charge in [-0.25, -0.2) is 4.57 Å². The van der Waals surface area contributed by atoms with Gasteiger partial charge in [0.15, 0.2) is 4.77 Å². The minimum atomic E-state index is -0.523. The van der Waals surface area contributed by atoms with Gasteiger partial charge in [0.1, 0.15) is 17.1 Å². The van der Waals surface area contributed by atoms with Crippen LogP contribution in [0.2, 0.25) is 0 Å². The Hall–Kier alpha value is -3.63. The summed E-state index contributed by atoms with van der Waals surface area (Å²) < 4.78 is 19.1. The minimum Gasteiger partial charge on any atom is -0.495 e. The van der Waals surface area contributed by atoms with E-state index in [4.69, 9.17) is 26.4 Å². The Morgan fingerprint density at radius 2 is 1.52 bits per heavy atom. The van der Waals surface area contributed by atoms with E-state index in [9.17, 15) is 9.90 Å². The molecule has 1 aliphatic rings. The predicted molar refractivity (Wildman–Crippen MR) is 127 cm³/mol. The van der Waals surface area contributed by atoms with Crippen LogP contribution in [0.3, 0.4) is 0 Å². The summed E-state index contributed by atoms with van der Waals surface area (Å²) in [7, 11) is 3.04. The zero-order valence-electron chi connectivity index (χ0n) is 18.3. The zero-order chi connectivity index (χ0) is 23.4. The largest absolute Gasteiger partial charge is 0.495 e. The lowest BCUT2D eigenvalue weighted by Gasteiger charge is -2.24. The van der Waals surface area contributed by atoms with Crippen LogP contribution in [0.25, 0.3) is 11.4 Å². The molecule has 0 spiro atoms. The Kier molecular flexibility index (Phi) is 6.76. The molecule has 9 nitrogen and oxygen atoms in total. The van der Waals surface area contributed by atoms with Crippen molar-refractivity contribution < 1.29 is 19.3 Å². The van der Waals surface area contributed by atoms with Crippen molar-refractivity contribution >= 4 is 18.4 Å². The predicted octanol–water partition coefficient (Wildman–Crippen LogP) is 2.75. The number of ether oxygens (including phenoxy) is 3. The Balaban J connectivity index is 2.02. The van der Waals surface area contributed by atoms with Crippen LogP contribution in [-0.4, -0.2) is 66.0 Å². The number of benzene rings is 2. The van der Waals surface area contributed by atoms with Gasteiger partial charge < -0.3 is 19.3 Å². The van der Waals surface area contributed by atoms with Gasteiger partial charge in [-0.15, -0.1) is 0 Å². The summed E-state index contributed by atoms with van der Waals surface area (Å²) in [6, 6.07) is 14.1. The number of aromatic nitrogens is 2. The average Bonchev–Trinajstić information content (AvgIpc) is 2.85. The highest BCUT2D eigenvalue weighted by Gasteiger charge is 2.21. The smallest absolute Gasteiger partial charge is 0.271 e. The number of hydrogen-bond donors (Lipinski definition) is 1. The lowest BCUT2D eigenvalue weighted by molar-refractivity contribution is 0.0396. The zero-order valence-corrected chi connectivity index (χ0v) is 19.1. The third-order valence-corrected chi connectivity index (χ3v) is 5.62. The van der Waals surface area contributed by atoms with Crippen LogP contribution in [0.4, 0.5) is 0 Å². The normalized spacial score (nSPS) is 13.9. The molecule has 10 heteroatoms. The molecule has 3 aromatic rings. The van der Waals surface area contributed by atoms with Crippen LogP contribution >= 0.6 is 12.2 Å². The molecule has 0 atom stereocenters. The van der Waals surface area contributed by atoms with E-state index in [0.717, 1.165) is 0 Å². The van der Waals surface area contributed by atoms with Crippen LogP contribution in [0.1, 0.15) is 5.56 Å². The molecular weight excluding hydrogens is 444 g/mol. The Morgan fingerprint density at radius 3 is 2.09 bits per heavy atom. The molecule has 0 aliphatic carbocycles. The molecule has 1 fully saturated rings. The van der Waals surface area contributed by atoms with E-state index in [1.165, 1.54) is 29.6 Å². The molecule has 0 amide bonds. The van der Waals surface area contributed by atoms with Crippen molar-refractivity contribution in [1.82, 2.24) is 14.1 Å². The Bertz CT molecular complexity index is 1290. The highest BCUT2D eigenvalue weighted by atomic mass is 32.1. The van der Waals surface area contributed by atoms with Gasteiger partial charge in [0.2, 0.25) is 5.88 Å². The molecule has 1 aromatic heterocycles. The SMILES string of the molecule is COc1ccccc1-n1c(O)c(C=NN2CCOCC2)c(=O)n(-c2ccccc2OC)c1=S. The van der Waals surface area contributed by atoms with E-state index in [1.807, 2.05) is 0 Å². The van der Waals surface area contributed by atoms with Crippen LogP contribution in [-0.2, 0) is 4.74 Å². The maximum absolute atomic E-state index is 13.6. The van der Waals surface area contributed by atoms with Gasteiger partial charge in [0, 0.05) is 0 Å². The fourth-order valence-corrected chi connectivity index (χ4v) is 3.96. The maximum Gasteiger partial charge on any atom is 0.271 e. The molecule has 2 heterocycles. The van der Waals surface area contributed by atoms with Crippen molar-refractivity contribution in [1.29, 1.82) is 0 Å². The van der Waals surface area contributed by atoms with Gasteiger partial charge in [-0.3, -0.25) is 14.4 Å². The second kappa shape index (κ2) is 9.88. The first-order chi connectivity index (χ1) is 16.1. The number of para-hydroxylation sites is 4. The second-order valence-electron chi connectivity index (χ2n) is 7.15. The fraction of sp³-hybridized carbons (Fsp3) is 0.261. The van der Waals surface area contributed by atoms with Gasteiger partial charge in [-0.05, 0) is 36.5 Å². The highest BCUT2D eigenvalue weighted by Crippen LogP contribution is 2.29. The van der Waals surface area contributed by atoms with Crippen molar-refractivity contribution in [2.75, 3.05) is 40.5 Å². The number of methoxy groups -OCH3 is 2. The molecule has 172 valence electrons. The first-order valence-electron chi connectivity index (χ1n) is 10.3. The standard InChI is InChI=1S/C23H24N4O5S/c1-30-19-9-5-3-7-17(19)26-21(28)16(15-24-25-11-13-32-14-12-25)22(29)27(23(26)33)18-8-4-6-10-20(18)31-2/h3-10,15,28H,11-14H2,1-2H3. The average molecular weight is 469 g/mol. The number of rotatable bonds is 6. The van der Waals surface area contributed by atoms with E-state index in [0.29, 0.717) is 49.2 Å². The van der Waals surface area contributed by atoms with E-state index < -0.39 is 5.56 Å². The number of morpholine rings is 1. The van der Waals surface area contributed by atoms with Gasteiger partial charge in [-0.1, -0.05) is 24.3 Å². The van der Waals surface area contributed by atoms with Gasteiger partial charge in [0.25, 0.3) is 5.56 Å². The number of nitrogens with zero attached hydrogens (tertiary/aromatic N) is 4. The number of hydrogen-bond acceptors (Lipinski definition) is 8. The van der Waals surface area contributed by atoms with E-state index >= 15 is 0 Å². The van der Waals surface area contributed by atoms with Crippen molar-refractivity contribution in [3.63, 3.8) is 0 Å². The molecule has 0 unspecified atom stereocenters. The number of aromatic hydroxyl groups is 1. The van der Waals surface area contributed by atoms with Crippen molar-refractivity contribution in [2.45, 2.75) is 0 Å². The summed E-state index contributed by atoms with van der Waals surface area (Å²) in [5.74, 6) is 0.599. The van der Waals surface area contributed by atoms with Crippen LogP contribution in [0, 0.1) is 4.77 Å². The van der Waals surface area contributed by atoms with Gasteiger partial charge in [-0.2, -0.15) is 5.10 Å². The summed E-state index contributed by atoms with van der Waals surface area (Å²) in [5.41, 5.74) is 0.379. The van der Waals surface area contributed by atoms with Crippen molar-refractivity contribution in [2.24, 2.45) is 5.10 Å². The van der Waals surface area contributed by atoms with E-state index in [2.05, 4.69) is 5.10 Å². The first-order valence-corrected chi connectivity index (χ1v) is 10.7. The van der Waals surface area contributed by atoms with Crippen molar-refractivity contribution in [3.05, 3.63) is 69.2 Å². The lowest BCUT2D eigenvalue weighted by atomic mass is 10.2. The highest BCUT2D eigenvalue weighted by molar-refractivity contribution is 7.71. The van der Waals surface area contributed by atoms with Gasteiger partial charge >= 0.3 is 0 Å². The molecular formula is C23H24N4O5S. The monoisotopic (exact) mass is 468 g/mol. The lowest BCUT2D eigenvalue weighted by Crippen LogP contribution is -2.33. The topological polar surface area (TPSA) is 90.5 Å². The molecule has 0 radical (unpaired) electrons. The van der Waals surface area contributed by atoms with Crippen LogP contribution in [0.15, 0.2) is 58.4 Å². The Labute approximate surface area is 195 Å².